The minimum absolute atomic E-state index is 0.00133. The fourth-order valence-electron chi connectivity index (χ4n) is 4.26. The molecule has 2 amide bonds. The van der Waals surface area contributed by atoms with E-state index in [1.54, 1.807) is 4.90 Å². The van der Waals surface area contributed by atoms with Gasteiger partial charge in [-0.05, 0) is 56.3 Å². The molecule has 0 aromatic heterocycles. The first-order chi connectivity index (χ1) is 9.58. The highest BCUT2D eigenvalue weighted by atomic mass is 16.4. The number of piperidine rings is 1. The molecule has 3 fully saturated rings. The second-order valence-corrected chi connectivity index (χ2v) is 6.91. The lowest BCUT2D eigenvalue weighted by atomic mass is 9.84. The van der Waals surface area contributed by atoms with Crippen molar-refractivity contribution in [3.63, 3.8) is 0 Å². The first-order valence-corrected chi connectivity index (χ1v) is 7.84. The zero-order valence-corrected chi connectivity index (χ0v) is 11.9. The van der Waals surface area contributed by atoms with Crippen LogP contribution in [0.1, 0.15) is 44.9 Å². The van der Waals surface area contributed by atoms with Gasteiger partial charge < -0.3 is 15.3 Å². The van der Waals surface area contributed by atoms with Gasteiger partial charge in [0.1, 0.15) is 0 Å². The Hall–Kier alpha value is -1.26. The molecule has 112 valence electrons. The van der Waals surface area contributed by atoms with E-state index in [0.29, 0.717) is 31.3 Å². The quantitative estimate of drug-likeness (QED) is 0.831. The Kier molecular flexibility index (Phi) is 3.61. The van der Waals surface area contributed by atoms with Crippen molar-refractivity contribution in [1.82, 2.24) is 10.2 Å². The van der Waals surface area contributed by atoms with Crippen molar-refractivity contribution in [2.45, 2.75) is 44.9 Å². The van der Waals surface area contributed by atoms with Crippen molar-refractivity contribution in [2.75, 3.05) is 19.6 Å². The van der Waals surface area contributed by atoms with Gasteiger partial charge in [-0.2, -0.15) is 0 Å². The first-order valence-electron chi connectivity index (χ1n) is 7.84. The Bertz CT molecular complexity index is 394. The lowest BCUT2D eigenvalue weighted by Crippen LogP contribution is -2.47. The summed E-state index contributed by atoms with van der Waals surface area (Å²) in [6.45, 7) is 1.94. The van der Waals surface area contributed by atoms with Gasteiger partial charge >= 0.3 is 12.0 Å². The van der Waals surface area contributed by atoms with Crippen molar-refractivity contribution in [1.29, 1.82) is 0 Å². The Morgan fingerprint density at radius 2 is 1.80 bits per heavy atom. The number of carbonyl (C=O) groups is 2. The Morgan fingerprint density at radius 1 is 1.15 bits per heavy atom. The summed E-state index contributed by atoms with van der Waals surface area (Å²) < 4.78 is 0. The maximum atomic E-state index is 12.2. The highest BCUT2D eigenvalue weighted by Gasteiger charge is 2.44. The van der Waals surface area contributed by atoms with Gasteiger partial charge in [0.25, 0.3) is 0 Å². The van der Waals surface area contributed by atoms with Crippen LogP contribution < -0.4 is 5.32 Å². The molecule has 0 radical (unpaired) electrons. The molecule has 2 bridgehead atoms. The summed E-state index contributed by atoms with van der Waals surface area (Å²) in [5.41, 5.74) is 0.375. The predicted molar refractivity (Wildman–Crippen MR) is 74.3 cm³/mol. The standard InChI is InChI=1S/C15H24N2O3/c18-13(19)12-3-7-17(8-4-12)14(20)16-10-15-5-1-11(9-15)2-6-15/h11-12H,1-10H2,(H,16,20)(H,18,19). The molecule has 2 N–H and O–H groups in total. The number of carbonyl (C=O) groups excluding carboxylic acids is 1. The minimum atomic E-state index is -0.730. The number of carboxylic acids is 1. The molecule has 1 aliphatic heterocycles. The Balaban J connectivity index is 1.45. The molecule has 3 aliphatic rings. The molecule has 2 saturated carbocycles. The van der Waals surface area contributed by atoms with Crippen LogP contribution in [0.5, 0.6) is 0 Å². The van der Waals surface area contributed by atoms with E-state index in [-0.39, 0.29) is 11.9 Å². The largest absolute Gasteiger partial charge is 0.481 e. The maximum absolute atomic E-state index is 12.2. The number of amides is 2. The molecular formula is C15H24N2O3. The second kappa shape index (κ2) is 5.26. The van der Waals surface area contributed by atoms with Crippen LogP contribution in [-0.4, -0.2) is 41.6 Å². The van der Waals surface area contributed by atoms with Crippen LogP contribution >= 0.6 is 0 Å². The van der Waals surface area contributed by atoms with Gasteiger partial charge in [0.2, 0.25) is 0 Å². The molecule has 0 unspecified atom stereocenters. The summed E-state index contributed by atoms with van der Waals surface area (Å²) in [5.74, 6) is -0.104. The van der Waals surface area contributed by atoms with Crippen LogP contribution in [0.25, 0.3) is 0 Å². The van der Waals surface area contributed by atoms with E-state index in [1.807, 2.05) is 0 Å². The second-order valence-electron chi connectivity index (χ2n) is 6.91. The summed E-state index contributed by atoms with van der Waals surface area (Å²) in [7, 11) is 0. The molecule has 5 heteroatoms. The number of rotatable bonds is 3. The van der Waals surface area contributed by atoms with Crippen molar-refractivity contribution >= 4 is 12.0 Å². The molecule has 5 nitrogen and oxygen atoms in total. The zero-order valence-electron chi connectivity index (χ0n) is 11.9. The van der Waals surface area contributed by atoms with Crippen LogP contribution in [0.3, 0.4) is 0 Å². The zero-order chi connectivity index (χ0) is 14.2. The number of hydrogen-bond donors (Lipinski definition) is 2. The van der Waals surface area contributed by atoms with Crippen LogP contribution in [-0.2, 0) is 4.79 Å². The van der Waals surface area contributed by atoms with E-state index in [9.17, 15) is 9.59 Å². The van der Waals surface area contributed by atoms with Gasteiger partial charge in [-0.1, -0.05) is 0 Å². The lowest BCUT2D eigenvalue weighted by molar-refractivity contribution is -0.143. The number of likely N-dealkylation sites (tertiary alicyclic amines) is 1. The highest BCUT2D eigenvalue weighted by Crippen LogP contribution is 2.53. The fraction of sp³-hybridized carbons (Fsp3) is 0.867. The molecule has 0 atom stereocenters. The highest BCUT2D eigenvalue weighted by molar-refractivity contribution is 5.75. The molecule has 1 heterocycles. The van der Waals surface area contributed by atoms with Crippen LogP contribution in [0.4, 0.5) is 4.79 Å². The first kappa shape index (κ1) is 13.7. The number of urea groups is 1. The Labute approximate surface area is 119 Å². The fourth-order valence-corrected chi connectivity index (χ4v) is 4.26. The number of hydrogen-bond acceptors (Lipinski definition) is 2. The van der Waals surface area contributed by atoms with E-state index in [4.69, 9.17) is 5.11 Å². The number of nitrogens with zero attached hydrogens (tertiary/aromatic N) is 1. The lowest BCUT2D eigenvalue weighted by Gasteiger charge is -2.32. The van der Waals surface area contributed by atoms with Crippen LogP contribution in [0.2, 0.25) is 0 Å². The topological polar surface area (TPSA) is 69.6 Å². The van der Waals surface area contributed by atoms with Gasteiger partial charge in [-0.3, -0.25) is 4.79 Å². The average molecular weight is 280 g/mol. The molecule has 1 saturated heterocycles. The molecule has 3 rings (SSSR count). The molecule has 0 aromatic carbocycles. The molecule has 0 aromatic rings. The molecule has 0 spiro atoms. The third-order valence-corrected chi connectivity index (χ3v) is 5.63. The normalized spacial score (nSPS) is 33.4. The van der Waals surface area contributed by atoms with Crippen molar-refractivity contribution in [2.24, 2.45) is 17.3 Å². The van der Waals surface area contributed by atoms with E-state index < -0.39 is 5.97 Å². The van der Waals surface area contributed by atoms with Gasteiger partial charge in [0.05, 0.1) is 5.92 Å². The SMILES string of the molecule is O=C(O)C1CCN(C(=O)NCC23CCC(CC2)C3)CC1. The van der Waals surface area contributed by atoms with E-state index in [0.717, 1.165) is 12.5 Å². The summed E-state index contributed by atoms with van der Waals surface area (Å²) in [6.07, 6.45) is 7.64. The van der Waals surface area contributed by atoms with Crippen LogP contribution in [0.15, 0.2) is 0 Å². The number of carboxylic acid groups (broad SMARTS) is 1. The molecule has 2 aliphatic carbocycles. The number of aliphatic carboxylic acids is 1. The summed E-state index contributed by atoms with van der Waals surface area (Å²) in [4.78, 5) is 24.8. The predicted octanol–water partition coefficient (Wildman–Crippen LogP) is 2.07. The van der Waals surface area contributed by atoms with Crippen molar-refractivity contribution < 1.29 is 14.7 Å². The van der Waals surface area contributed by atoms with Crippen molar-refractivity contribution in [3.8, 4) is 0 Å². The third-order valence-electron chi connectivity index (χ3n) is 5.63. The minimum Gasteiger partial charge on any atom is -0.481 e. The molecular weight excluding hydrogens is 256 g/mol. The van der Waals surface area contributed by atoms with Gasteiger partial charge in [0.15, 0.2) is 0 Å². The smallest absolute Gasteiger partial charge is 0.317 e. The van der Waals surface area contributed by atoms with Gasteiger partial charge in [-0.25, -0.2) is 4.79 Å². The van der Waals surface area contributed by atoms with Crippen LogP contribution in [0, 0.1) is 17.3 Å². The van der Waals surface area contributed by atoms with E-state index in [2.05, 4.69) is 5.32 Å². The average Bonchev–Trinajstić information content (AvgIpc) is 3.06. The third kappa shape index (κ3) is 2.63. The number of fused-ring (bicyclic) bond motifs is 2. The Morgan fingerprint density at radius 3 is 2.30 bits per heavy atom. The monoisotopic (exact) mass is 280 g/mol. The number of nitrogens with one attached hydrogen (secondary N) is 1. The van der Waals surface area contributed by atoms with E-state index >= 15 is 0 Å². The summed E-state index contributed by atoms with van der Waals surface area (Å²) in [6, 6.07) is -0.00133. The molecule has 20 heavy (non-hydrogen) atoms. The van der Waals surface area contributed by atoms with E-state index in [1.165, 1.54) is 32.1 Å². The maximum Gasteiger partial charge on any atom is 0.317 e. The van der Waals surface area contributed by atoms with Gasteiger partial charge in [0, 0.05) is 19.6 Å². The summed E-state index contributed by atoms with van der Waals surface area (Å²) in [5, 5.41) is 12.1. The van der Waals surface area contributed by atoms with Crippen molar-refractivity contribution in [3.05, 3.63) is 0 Å². The van der Waals surface area contributed by atoms with Gasteiger partial charge in [-0.15, -0.1) is 0 Å². The summed E-state index contributed by atoms with van der Waals surface area (Å²) >= 11 is 0.